The highest BCUT2D eigenvalue weighted by molar-refractivity contribution is 5.81. The summed E-state index contributed by atoms with van der Waals surface area (Å²) in [4.78, 5) is 23.2. The van der Waals surface area contributed by atoms with Gasteiger partial charge in [-0.05, 0) is 26.3 Å². The second kappa shape index (κ2) is 9.01. The summed E-state index contributed by atoms with van der Waals surface area (Å²) in [6.07, 6.45) is 0.236. The predicted molar refractivity (Wildman–Crippen MR) is 95.0 cm³/mol. The number of nitrogens with one attached hydrogen (secondary N) is 1. The molecule has 6 heteroatoms. The Bertz CT molecular complexity index is 723. The number of carbonyl (C=O) groups excluding carboxylic acids is 2. The van der Waals surface area contributed by atoms with Crippen molar-refractivity contribution in [3.8, 4) is 0 Å². The van der Waals surface area contributed by atoms with Gasteiger partial charge in [-0.3, -0.25) is 14.3 Å². The summed E-state index contributed by atoms with van der Waals surface area (Å²) >= 11 is 0. The molecule has 1 aromatic carbocycles. The van der Waals surface area contributed by atoms with E-state index in [0.29, 0.717) is 19.7 Å². The number of benzene rings is 1. The summed E-state index contributed by atoms with van der Waals surface area (Å²) in [6, 6.07) is 10.1. The average Bonchev–Trinajstić information content (AvgIpc) is 2.86. The van der Waals surface area contributed by atoms with E-state index in [0.717, 1.165) is 17.0 Å². The van der Waals surface area contributed by atoms with Crippen LogP contribution in [0, 0.1) is 13.8 Å². The highest BCUT2D eigenvalue weighted by Gasteiger charge is 2.13. The molecular formula is C19H25N3O3. The van der Waals surface area contributed by atoms with Crippen LogP contribution in [0.2, 0.25) is 0 Å². The largest absolute Gasteiger partial charge is 0.466 e. The molecule has 0 aliphatic rings. The first-order chi connectivity index (χ1) is 12.0. The molecule has 2 aromatic rings. The van der Waals surface area contributed by atoms with Gasteiger partial charge in [0.25, 0.3) is 0 Å². The first-order valence-electron chi connectivity index (χ1n) is 8.50. The fourth-order valence-corrected chi connectivity index (χ4v) is 2.62. The first kappa shape index (κ1) is 18.7. The van der Waals surface area contributed by atoms with E-state index in [9.17, 15) is 9.59 Å². The Labute approximate surface area is 148 Å². The van der Waals surface area contributed by atoms with Gasteiger partial charge in [0.05, 0.1) is 25.3 Å². The molecule has 1 amide bonds. The van der Waals surface area contributed by atoms with E-state index in [1.807, 2.05) is 36.7 Å². The van der Waals surface area contributed by atoms with Crippen molar-refractivity contribution in [2.45, 2.75) is 46.7 Å². The molecule has 0 saturated heterocycles. The molecular weight excluding hydrogens is 318 g/mol. The van der Waals surface area contributed by atoms with E-state index >= 15 is 0 Å². The van der Waals surface area contributed by atoms with Crippen LogP contribution in [0.15, 0.2) is 30.3 Å². The van der Waals surface area contributed by atoms with Gasteiger partial charge in [0.15, 0.2) is 0 Å². The van der Waals surface area contributed by atoms with Crippen LogP contribution in [-0.4, -0.2) is 28.3 Å². The Hall–Kier alpha value is -2.63. The number of ether oxygens (including phenoxy) is 1. The molecule has 25 heavy (non-hydrogen) atoms. The quantitative estimate of drug-likeness (QED) is 0.748. The molecule has 0 aliphatic heterocycles. The van der Waals surface area contributed by atoms with Crippen LogP contribution in [0.3, 0.4) is 0 Å². The van der Waals surface area contributed by atoms with Crippen molar-refractivity contribution in [1.29, 1.82) is 0 Å². The maximum Gasteiger partial charge on any atom is 0.306 e. The molecule has 0 radical (unpaired) electrons. The molecule has 1 heterocycles. The zero-order chi connectivity index (χ0) is 18.2. The van der Waals surface area contributed by atoms with Crippen molar-refractivity contribution in [1.82, 2.24) is 15.1 Å². The number of aryl methyl sites for hydroxylation is 1. The second-order valence-corrected chi connectivity index (χ2v) is 5.87. The second-order valence-electron chi connectivity index (χ2n) is 5.87. The fourth-order valence-electron chi connectivity index (χ4n) is 2.62. The molecule has 0 saturated carbocycles. The lowest BCUT2D eigenvalue weighted by molar-refractivity contribution is -0.144. The van der Waals surface area contributed by atoms with Crippen LogP contribution < -0.4 is 5.32 Å². The van der Waals surface area contributed by atoms with E-state index in [1.165, 1.54) is 5.56 Å². The molecule has 1 aromatic heterocycles. The Morgan fingerprint density at radius 2 is 1.88 bits per heavy atom. The first-order valence-corrected chi connectivity index (χ1v) is 8.50. The van der Waals surface area contributed by atoms with Crippen molar-refractivity contribution >= 4 is 11.9 Å². The van der Waals surface area contributed by atoms with E-state index in [2.05, 4.69) is 22.5 Å². The van der Waals surface area contributed by atoms with Crippen molar-refractivity contribution in [2.75, 3.05) is 6.61 Å². The number of nitrogens with zero attached hydrogens (tertiary/aromatic N) is 2. The molecule has 0 aliphatic carbocycles. The Balaban J connectivity index is 1.92. The lowest BCUT2D eigenvalue weighted by Gasteiger charge is -2.07. The van der Waals surface area contributed by atoms with Crippen LogP contribution in [0.1, 0.15) is 42.3 Å². The average molecular weight is 343 g/mol. The summed E-state index contributed by atoms with van der Waals surface area (Å²) in [7, 11) is 0. The number of hydrogen-bond donors (Lipinski definition) is 1. The third-order valence-electron chi connectivity index (χ3n) is 4.03. The van der Waals surface area contributed by atoms with Gasteiger partial charge in [-0.1, -0.05) is 30.3 Å². The van der Waals surface area contributed by atoms with E-state index in [4.69, 9.17) is 4.74 Å². The maximum atomic E-state index is 11.9. The number of aromatic nitrogens is 2. The smallest absolute Gasteiger partial charge is 0.306 e. The monoisotopic (exact) mass is 343 g/mol. The van der Waals surface area contributed by atoms with Crippen LogP contribution in [0.5, 0.6) is 0 Å². The van der Waals surface area contributed by atoms with Crippen molar-refractivity contribution in [3.63, 3.8) is 0 Å². The van der Waals surface area contributed by atoms with Crippen LogP contribution in [0.4, 0.5) is 0 Å². The maximum absolute atomic E-state index is 11.9. The van der Waals surface area contributed by atoms with Crippen molar-refractivity contribution in [2.24, 2.45) is 0 Å². The van der Waals surface area contributed by atoms with Crippen molar-refractivity contribution in [3.05, 3.63) is 52.8 Å². The van der Waals surface area contributed by atoms with Gasteiger partial charge in [0, 0.05) is 24.2 Å². The van der Waals surface area contributed by atoms with Crippen LogP contribution in [-0.2, 0) is 27.4 Å². The van der Waals surface area contributed by atoms with Crippen LogP contribution >= 0.6 is 0 Å². The number of esters is 1. The summed E-state index contributed by atoms with van der Waals surface area (Å²) in [5.74, 6) is -0.511. The highest BCUT2D eigenvalue weighted by Crippen LogP contribution is 2.14. The van der Waals surface area contributed by atoms with Gasteiger partial charge in [0.1, 0.15) is 0 Å². The Morgan fingerprint density at radius 1 is 1.16 bits per heavy atom. The minimum atomic E-state index is -0.347. The predicted octanol–water partition coefficient (Wildman–Crippen LogP) is 2.51. The molecule has 2 rings (SSSR count). The van der Waals surface area contributed by atoms with Gasteiger partial charge >= 0.3 is 5.97 Å². The molecule has 0 unspecified atom stereocenters. The molecule has 1 N–H and O–H groups in total. The molecule has 134 valence electrons. The Morgan fingerprint density at radius 3 is 2.56 bits per heavy atom. The minimum Gasteiger partial charge on any atom is -0.466 e. The lowest BCUT2D eigenvalue weighted by atomic mass is 10.2. The topological polar surface area (TPSA) is 73.2 Å². The summed E-state index contributed by atoms with van der Waals surface area (Å²) < 4.78 is 6.77. The van der Waals surface area contributed by atoms with Gasteiger partial charge in [0.2, 0.25) is 5.91 Å². The number of hydrogen-bond acceptors (Lipinski definition) is 4. The van der Waals surface area contributed by atoms with Gasteiger partial charge < -0.3 is 10.1 Å². The van der Waals surface area contributed by atoms with Gasteiger partial charge in [-0.15, -0.1) is 0 Å². The molecule has 0 atom stereocenters. The molecule has 6 nitrogen and oxygen atoms in total. The molecule has 0 spiro atoms. The zero-order valence-electron chi connectivity index (χ0n) is 15.0. The number of amides is 1. The zero-order valence-corrected chi connectivity index (χ0v) is 15.0. The third-order valence-corrected chi connectivity index (χ3v) is 4.03. The molecule has 0 fully saturated rings. The SMILES string of the molecule is CCOC(=O)CCC(=O)NCc1c(C)nn(Cc2ccccc2)c1C. The van der Waals surface area contributed by atoms with Gasteiger partial charge in [-0.2, -0.15) is 5.10 Å². The summed E-state index contributed by atoms with van der Waals surface area (Å²) in [5.41, 5.74) is 4.13. The van der Waals surface area contributed by atoms with Gasteiger partial charge in [-0.25, -0.2) is 0 Å². The normalized spacial score (nSPS) is 10.5. The number of carbonyl (C=O) groups is 2. The highest BCUT2D eigenvalue weighted by atomic mass is 16.5. The minimum absolute atomic E-state index is 0.102. The van der Waals surface area contributed by atoms with E-state index in [1.54, 1.807) is 6.92 Å². The Kier molecular flexibility index (Phi) is 6.74. The molecule has 0 bridgehead atoms. The number of rotatable bonds is 8. The lowest BCUT2D eigenvalue weighted by Crippen LogP contribution is -2.24. The summed E-state index contributed by atoms with van der Waals surface area (Å²) in [6.45, 7) is 7.13. The van der Waals surface area contributed by atoms with Crippen LogP contribution in [0.25, 0.3) is 0 Å². The summed E-state index contributed by atoms with van der Waals surface area (Å²) in [5, 5.41) is 7.43. The van der Waals surface area contributed by atoms with E-state index < -0.39 is 0 Å². The fraction of sp³-hybridized carbons (Fsp3) is 0.421. The van der Waals surface area contributed by atoms with E-state index in [-0.39, 0.29) is 24.7 Å². The van der Waals surface area contributed by atoms with Crippen molar-refractivity contribution < 1.29 is 14.3 Å². The standard InChI is InChI=1S/C19H25N3O3/c1-4-25-19(24)11-10-18(23)20-12-17-14(2)21-22(15(17)3)13-16-8-6-5-7-9-16/h5-9H,4,10-13H2,1-3H3,(H,20,23). The third kappa shape index (κ3) is 5.45.